The minimum atomic E-state index is -1.67. The van der Waals surface area contributed by atoms with E-state index < -0.39 is 31.5 Å². The molecule has 0 aliphatic heterocycles. The number of carbonyl (C=O) groups is 2. The number of thioether (sulfide) groups is 2. The Kier molecular flexibility index (Phi) is 8.34. The molecule has 2 unspecified atom stereocenters. The molecule has 0 amide bonds. The molecule has 0 aromatic heterocycles. The van der Waals surface area contributed by atoms with E-state index in [9.17, 15) is 29.8 Å². The first-order valence-electron chi connectivity index (χ1n) is 7.72. The van der Waals surface area contributed by atoms with Crippen molar-refractivity contribution in [2.24, 2.45) is 0 Å². The first-order chi connectivity index (χ1) is 14.0. The van der Waals surface area contributed by atoms with Crippen molar-refractivity contribution in [3.63, 3.8) is 0 Å². The van der Waals surface area contributed by atoms with Crippen molar-refractivity contribution in [3.8, 4) is 10.8 Å². The molecule has 0 aromatic rings. The highest BCUT2D eigenvalue weighted by molar-refractivity contribution is 8.05. The van der Waals surface area contributed by atoms with Gasteiger partial charge in [-0.05, 0) is 0 Å². The molecule has 0 aromatic carbocycles. The fourth-order valence-electron chi connectivity index (χ4n) is 2.30. The Morgan fingerprint density at radius 3 is 1.47 bits per heavy atom. The molecule has 12 nitrogen and oxygen atoms in total. The molecule has 2 atom stereocenters. The predicted molar refractivity (Wildman–Crippen MR) is 105 cm³/mol. The molecule has 0 spiro atoms. The lowest BCUT2D eigenvalue weighted by Crippen LogP contribution is -2.33. The summed E-state index contributed by atoms with van der Waals surface area (Å²) in [5.41, 5.74) is -0.332. The Morgan fingerprint density at radius 2 is 1.23 bits per heavy atom. The molecule has 2 rings (SSSR count). The lowest BCUT2D eigenvalue weighted by atomic mass is 10.0. The first-order valence-corrected chi connectivity index (χ1v) is 9.35. The highest BCUT2D eigenvalue weighted by atomic mass is 32.2. The first kappa shape index (κ1) is 24.4. The normalized spacial score (nSPS) is 24.1. The molecule has 0 bridgehead atoms. The zero-order valence-electron chi connectivity index (χ0n) is 14.8. The van der Waals surface area contributed by atoms with Crippen LogP contribution in [-0.4, -0.2) is 41.7 Å². The van der Waals surface area contributed by atoms with Gasteiger partial charge < -0.3 is 10.2 Å². The third kappa shape index (κ3) is 5.69. The molecule has 2 aliphatic carbocycles. The minimum Gasteiger partial charge on any atom is -0.478 e. The van der Waals surface area contributed by atoms with Crippen LogP contribution in [0.3, 0.4) is 0 Å². The molecule has 0 radical (unpaired) electrons. The molecule has 0 saturated carbocycles. The molecule has 14 heteroatoms. The summed E-state index contributed by atoms with van der Waals surface area (Å²) in [4.78, 5) is 38.2. The second kappa shape index (κ2) is 10.2. The topological polar surface area (TPSA) is 208 Å². The van der Waals surface area contributed by atoms with Gasteiger partial charge in [-0.3, -0.25) is 20.2 Å². The van der Waals surface area contributed by atoms with E-state index in [1.807, 2.05) is 0 Å². The van der Waals surface area contributed by atoms with Gasteiger partial charge in [0, 0.05) is 45.5 Å². The van der Waals surface area contributed by atoms with Crippen LogP contribution in [0.15, 0.2) is 47.6 Å². The minimum absolute atomic E-state index is 0.00894. The van der Waals surface area contributed by atoms with Crippen molar-refractivity contribution < 1.29 is 29.6 Å². The molecular formula is C16H12N4O8S2. The van der Waals surface area contributed by atoms with Crippen molar-refractivity contribution in [3.05, 3.63) is 67.8 Å². The molecule has 2 aliphatic rings. The zero-order valence-corrected chi connectivity index (χ0v) is 16.5. The number of thiocyanates is 2. The van der Waals surface area contributed by atoms with Gasteiger partial charge in [0.15, 0.2) is 0 Å². The average Bonchev–Trinajstić information content (AvgIpc) is 2.69. The van der Waals surface area contributed by atoms with E-state index in [0.29, 0.717) is 23.5 Å². The van der Waals surface area contributed by atoms with Crippen LogP contribution in [0.2, 0.25) is 0 Å². The van der Waals surface area contributed by atoms with Gasteiger partial charge in [0.1, 0.15) is 10.8 Å². The standard InChI is InChI=1S/2C8H6N2O4S/c2*9-5-15-8(10(13)14)3-1-2-6(4-8)7(11)12/h2*1-2,4H,3H2,(H,11,12). The van der Waals surface area contributed by atoms with E-state index in [1.54, 1.807) is 10.8 Å². The van der Waals surface area contributed by atoms with Crippen LogP contribution in [0.5, 0.6) is 0 Å². The number of nitro groups is 2. The zero-order chi connectivity index (χ0) is 22.9. The van der Waals surface area contributed by atoms with Crippen molar-refractivity contribution >= 4 is 35.5 Å². The summed E-state index contributed by atoms with van der Waals surface area (Å²) in [6.07, 6.45) is 7.38. The number of carboxylic acids is 2. The Hall–Kier alpha value is -3.62. The van der Waals surface area contributed by atoms with E-state index in [0.717, 1.165) is 12.2 Å². The van der Waals surface area contributed by atoms with E-state index in [1.165, 1.54) is 24.3 Å². The Morgan fingerprint density at radius 1 is 0.900 bits per heavy atom. The van der Waals surface area contributed by atoms with Crippen LogP contribution in [-0.2, 0) is 9.59 Å². The van der Waals surface area contributed by atoms with Crippen molar-refractivity contribution in [1.82, 2.24) is 0 Å². The third-order valence-electron chi connectivity index (χ3n) is 3.73. The fourth-order valence-corrected chi connectivity index (χ4v) is 3.50. The molecule has 156 valence electrons. The van der Waals surface area contributed by atoms with Gasteiger partial charge in [-0.2, -0.15) is 10.5 Å². The van der Waals surface area contributed by atoms with Crippen LogP contribution in [0.25, 0.3) is 0 Å². The molecule has 30 heavy (non-hydrogen) atoms. The molecule has 0 heterocycles. The summed E-state index contributed by atoms with van der Waals surface area (Å²) in [5, 5.41) is 59.1. The molecular weight excluding hydrogens is 440 g/mol. The van der Waals surface area contributed by atoms with Crippen molar-refractivity contribution in [1.29, 1.82) is 10.5 Å². The smallest absolute Gasteiger partial charge is 0.335 e. The maximum absolute atomic E-state index is 10.8. The maximum atomic E-state index is 10.8. The Bertz CT molecular complexity index is 897. The van der Waals surface area contributed by atoms with Gasteiger partial charge >= 0.3 is 21.7 Å². The SMILES string of the molecule is N#CSC1([N+](=O)[O-])C=C(C(=O)O)C=CC1.N#CSC1([N+](=O)[O-])C=C(C(=O)O)C=CC1. The van der Waals surface area contributed by atoms with Gasteiger partial charge in [0.2, 0.25) is 0 Å². The lowest BCUT2D eigenvalue weighted by Gasteiger charge is -2.19. The quantitative estimate of drug-likeness (QED) is 0.257. The summed E-state index contributed by atoms with van der Waals surface area (Å²) in [7, 11) is 0. The summed E-state index contributed by atoms with van der Waals surface area (Å²) in [6, 6.07) is 0. The fraction of sp³-hybridized carbons (Fsp3) is 0.250. The average molecular weight is 452 g/mol. The van der Waals surface area contributed by atoms with Gasteiger partial charge in [-0.25, -0.2) is 9.59 Å². The lowest BCUT2D eigenvalue weighted by molar-refractivity contribution is -0.523. The number of rotatable bonds is 6. The monoisotopic (exact) mass is 452 g/mol. The number of carboxylic acid groups (broad SMARTS) is 2. The maximum Gasteiger partial charge on any atom is 0.335 e. The number of hydrogen-bond donors (Lipinski definition) is 2. The number of hydrogen-bond acceptors (Lipinski definition) is 10. The molecule has 0 saturated heterocycles. The van der Waals surface area contributed by atoms with Crippen LogP contribution in [0.1, 0.15) is 12.8 Å². The molecule has 0 fully saturated rings. The number of aliphatic carboxylic acids is 2. The summed E-state index contributed by atoms with van der Waals surface area (Å²) in [6.45, 7) is 0. The van der Waals surface area contributed by atoms with Gasteiger partial charge in [0.25, 0.3) is 0 Å². The van der Waals surface area contributed by atoms with E-state index in [-0.39, 0.29) is 24.0 Å². The van der Waals surface area contributed by atoms with E-state index in [4.69, 9.17) is 20.7 Å². The number of nitrogens with zero attached hydrogens (tertiary/aromatic N) is 4. The summed E-state index contributed by atoms with van der Waals surface area (Å²) < 4.78 is 0. The Labute approximate surface area is 177 Å². The van der Waals surface area contributed by atoms with E-state index in [2.05, 4.69) is 0 Å². The van der Waals surface area contributed by atoms with Crippen LogP contribution in [0.4, 0.5) is 0 Å². The van der Waals surface area contributed by atoms with Crippen LogP contribution >= 0.6 is 23.5 Å². The van der Waals surface area contributed by atoms with Gasteiger partial charge in [-0.15, -0.1) is 0 Å². The predicted octanol–water partition coefficient (Wildman–Crippen LogP) is 2.29. The molecule has 2 N–H and O–H groups in total. The highest BCUT2D eigenvalue weighted by Crippen LogP contribution is 2.36. The Balaban J connectivity index is 0.000000300. The summed E-state index contributed by atoms with van der Waals surface area (Å²) >= 11 is 0.889. The van der Waals surface area contributed by atoms with E-state index >= 15 is 0 Å². The number of nitriles is 2. The van der Waals surface area contributed by atoms with Crippen molar-refractivity contribution in [2.75, 3.05) is 0 Å². The second-order valence-electron chi connectivity index (χ2n) is 5.61. The third-order valence-corrected chi connectivity index (χ3v) is 5.49. The van der Waals surface area contributed by atoms with Crippen LogP contribution < -0.4 is 0 Å². The largest absolute Gasteiger partial charge is 0.478 e. The van der Waals surface area contributed by atoms with Gasteiger partial charge in [0.05, 0.1) is 24.0 Å². The second-order valence-corrected chi connectivity index (χ2v) is 7.80. The van der Waals surface area contributed by atoms with Crippen LogP contribution in [0, 0.1) is 41.6 Å². The van der Waals surface area contributed by atoms with Crippen molar-refractivity contribution in [2.45, 2.75) is 22.6 Å². The summed E-state index contributed by atoms with van der Waals surface area (Å²) in [5.74, 6) is -2.48. The van der Waals surface area contributed by atoms with Gasteiger partial charge in [-0.1, -0.05) is 24.3 Å². The highest BCUT2D eigenvalue weighted by Gasteiger charge is 2.44.